The Labute approximate surface area is 110 Å². The molecule has 1 aromatic carbocycles. The third-order valence-electron chi connectivity index (χ3n) is 3.97. The summed E-state index contributed by atoms with van der Waals surface area (Å²) in [5, 5.41) is 3.25. The molecular weight excluding hydrogens is 278 g/mol. The van der Waals surface area contributed by atoms with Gasteiger partial charge in [0.1, 0.15) is 0 Å². The van der Waals surface area contributed by atoms with Gasteiger partial charge in [0.05, 0.1) is 5.54 Å². The zero-order valence-electron chi connectivity index (χ0n) is 9.71. The Hall–Kier alpha value is -0.830. The fraction of sp³-hybridized carbons (Fsp3) is 0.500. The lowest BCUT2D eigenvalue weighted by molar-refractivity contribution is -0.128. The number of amides is 1. The highest BCUT2D eigenvalue weighted by atomic mass is 79.9. The maximum absolute atomic E-state index is 12.0. The van der Waals surface area contributed by atoms with Gasteiger partial charge in [-0.15, -0.1) is 0 Å². The summed E-state index contributed by atoms with van der Waals surface area (Å²) in [6, 6.07) is 8.29. The van der Waals surface area contributed by atoms with Gasteiger partial charge in [-0.3, -0.25) is 4.79 Å². The first-order valence-corrected chi connectivity index (χ1v) is 7.07. The molecule has 1 aromatic rings. The summed E-state index contributed by atoms with van der Waals surface area (Å²) < 4.78 is 1.08. The third kappa shape index (κ3) is 2.13. The second kappa shape index (κ2) is 4.13. The van der Waals surface area contributed by atoms with Crippen LogP contribution in [0, 0.1) is 5.92 Å². The molecule has 0 atom stereocenters. The second-order valence-electron chi connectivity index (χ2n) is 5.21. The maximum Gasteiger partial charge on any atom is 0.223 e. The van der Waals surface area contributed by atoms with Crippen molar-refractivity contribution in [3.05, 3.63) is 34.3 Å². The minimum Gasteiger partial charge on any atom is -0.346 e. The van der Waals surface area contributed by atoms with Crippen molar-refractivity contribution in [2.24, 2.45) is 5.92 Å². The average Bonchev–Trinajstić information content (AvgIpc) is 2.96. The van der Waals surface area contributed by atoms with Crippen LogP contribution in [0.15, 0.2) is 28.7 Å². The van der Waals surface area contributed by atoms with Gasteiger partial charge >= 0.3 is 0 Å². The van der Waals surface area contributed by atoms with Crippen molar-refractivity contribution in [1.82, 2.24) is 5.32 Å². The molecule has 0 radical (unpaired) electrons. The molecule has 2 fully saturated rings. The van der Waals surface area contributed by atoms with Crippen molar-refractivity contribution in [2.75, 3.05) is 0 Å². The molecule has 2 saturated carbocycles. The summed E-state index contributed by atoms with van der Waals surface area (Å²) in [6.07, 6.45) is 5.49. The van der Waals surface area contributed by atoms with Crippen molar-refractivity contribution >= 4 is 21.8 Å². The Morgan fingerprint density at radius 2 is 2.12 bits per heavy atom. The van der Waals surface area contributed by atoms with E-state index in [1.807, 2.05) is 12.1 Å². The Bertz CT molecular complexity index is 449. The van der Waals surface area contributed by atoms with Crippen LogP contribution in [0.4, 0.5) is 0 Å². The van der Waals surface area contributed by atoms with Gasteiger partial charge in [-0.25, -0.2) is 0 Å². The predicted molar refractivity (Wildman–Crippen MR) is 70.5 cm³/mol. The number of benzene rings is 1. The number of carbonyl (C=O) groups is 1. The molecule has 3 heteroatoms. The van der Waals surface area contributed by atoms with E-state index in [2.05, 4.69) is 33.4 Å². The second-order valence-corrected chi connectivity index (χ2v) is 6.13. The largest absolute Gasteiger partial charge is 0.346 e. The van der Waals surface area contributed by atoms with E-state index in [4.69, 9.17) is 0 Å². The number of hydrogen-bond acceptors (Lipinski definition) is 1. The number of rotatable bonds is 3. The fourth-order valence-electron chi connectivity index (χ4n) is 2.41. The van der Waals surface area contributed by atoms with Crippen LogP contribution in [0.3, 0.4) is 0 Å². The molecule has 1 amide bonds. The van der Waals surface area contributed by atoms with Crippen LogP contribution in [0.1, 0.15) is 37.7 Å². The van der Waals surface area contributed by atoms with Crippen LogP contribution in [0.25, 0.3) is 0 Å². The van der Waals surface area contributed by atoms with Crippen LogP contribution in [0.2, 0.25) is 0 Å². The molecule has 0 unspecified atom stereocenters. The fourth-order valence-corrected chi connectivity index (χ4v) is 2.80. The number of carbonyl (C=O) groups excluding carboxylic acids is 1. The van der Waals surface area contributed by atoms with Crippen LogP contribution < -0.4 is 5.32 Å². The standard InChI is InChI=1S/C14H16BrNO/c15-12-6-2-5-11(9-12)14(7-8-14)16-13(17)10-3-1-4-10/h2,5-6,9-10H,1,3-4,7-8H2,(H,16,17). The molecule has 0 aromatic heterocycles. The van der Waals surface area contributed by atoms with Gasteiger partial charge in [-0.05, 0) is 43.4 Å². The monoisotopic (exact) mass is 293 g/mol. The van der Waals surface area contributed by atoms with Gasteiger partial charge in [0.25, 0.3) is 0 Å². The molecule has 0 spiro atoms. The minimum atomic E-state index is -0.0591. The van der Waals surface area contributed by atoms with E-state index < -0.39 is 0 Å². The topological polar surface area (TPSA) is 29.1 Å². The molecule has 90 valence electrons. The van der Waals surface area contributed by atoms with E-state index in [0.29, 0.717) is 0 Å². The van der Waals surface area contributed by atoms with Crippen LogP contribution in [-0.2, 0) is 10.3 Å². The highest BCUT2D eigenvalue weighted by molar-refractivity contribution is 9.10. The van der Waals surface area contributed by atoms with Crippen LogP contribution in [0.5, 0.6) is 0 Å². The van der Waals surface area contributed by atoms with Gasteiger partial charge in [0, 0.05) is 10.4 Å². The summed E-state index contributed by atoms with van der Waals surface area (Å²) in [5.41, 5.74) is 1.18. The van der Waals surface area contributed by atoms with Gasteiger partial charge in [0.15, 0.2) is 0 Å². The van der Waals surface area contributed by atoms with Crippen LogP contribution in [-0.4, -0.2) is 5.91 Å². The van der Waals surface area contributed by atoms with Crippen molar-refractivity contribution in [2.45, 2.75) is 37.6 Å². The Balaban J connectivity index is 1.75. The first-order chi connectivity index (χ1) is 8.20. The van der Waals surface area contributed by atoms with Crippen molar-refractivity contribution in [3.63, 3.8) is 0 Å². The minimum absolute atomic E-state index is 0.0591. The number of nitrogens with one attached hydrogen (secondary N) is 1. The first-order valence-electron chi connectivity index (χ1n) is 6.28. The molecule has 0 heterocycles. The maximum atomic E-state index is 12.0. The first kappa shape index (κ1) is 11.3. The SMILES string of the molecule is O=C(NC1(c2cccc(Br)c2)CC1)C1CCC1. The molecule has 0 saturated heterocycles. The van der Waals surface area contributed by atoms with Crippen LogP contribution >= 0.6 is 15.9 Å². The van der Waals surface area contributed by atoms with Gasteiger partial charge in [0.2, 0.25) is 5.91 Å². The Morgan fingerprint density at radius 3 is 2.65 bits per heavy atom. The Morgan fingerprint density at radius 1 is 1.35 bits per heavy atom. The van der Waals surface area contributed by atoms with E-state index in [1.54, 1.807) is 0 Å². The van der Waals surface area contributed by atoms with E-state index in [1.165, 1.54) is 12.0 Å². The van der Waals surface area contributed by atoms with E-state index in [-0.39, 0.29) is 17.4 Å². The molecular formula is C14H16BrNO. The van der Waals surface area contributed by atoms with Gasteiger partial charge < -0.3 is 5.32 Å². The third-order valence-corrected chi connectivity index (χ3v) is 4.46. The average molecular weight is 294 g/mol. The highest BCUT2D eigenvalue weighted by Crippen LogP contribution is 2.46. The number of hydrogen-bond donors (Lipinski definition) is 1. The van der Waals surface area contributed by atoms with E-state index in [0.717, 1.165) is 30.2 Å². The summed E-state index contributed by atoms with van der Waals surface area (Å²) in [4.78, 5) is 12.0. The molecule has 0 aliphatic heterocycles. The Kier molecular flexibility index (Phi) is 2.74. The summed E-state index contributed by atoms with van der Waals surface area (Å²) in [7, 11) is 0. The zero-order chi connectivity index (χ0) is 11.9. The molecule has 2 aliphatic carbocycles. The summed E-state index contributed by atoms with van der Waals surface area (Å²) in [6.45, 7) is 0. The smallest absolute Gasteiger partial charge is 0.223 e. The predicted octanol–water partition coefficient (Wildman–Crippen LogP) is 3.35. The molecule has 2 aliphatic rings. The molecule has 0 bridgehead atoms. The lowest BCUT2D eigenvalue weighted by atomic mass is 9.84. The molecule has 17 heavy (non-hydrogen) atoms. The number of halogens is 1. The zero-order valence-corrected chi connectivity index (χ0v) is 11.3. The quantitative estimate of drug-likeness (QED) is 0.910. The van der Waals surface area contributed by atoms with Gasteiger partial charge in [-0.2, -0.15) is 0 Å². The molecule has 1 N–H and O–H groups in total. The van der Waals surface area contributed by atoms with Crippen molar-refractivity contribution in [3.8, 4) is 0 Å². The normalized spacial score (nSPS) is 21.7. The van der Waals surface area contributed by atoms with E-state index >= 15 is 0 Å². The van der Waals surface area contributed by atoms with Crippen molar-refractivity contribution < 1.29 is 4.79 Å². The highest BCUT2D eigenvalue weighted by Gasteiger charge is 2.46. The van der Waals surface area contributed by atoms with E-state index in [9.17, 15) is 4.79 Å². The lowest BCUT2D eigenvalue weighted by Gasteiger charge is -2.27. The molecule has 3 rings (SSSR count). The summed E-state index contributed by atoms with van der Waals surface area (Å²) in [5.74, 6) is 0.536. The molecule has 2 nitrogen and oxygen atoms in total. The summed E-state index contributed by atoms with van der Waals surface area (Å²) >= 11 is 3.49. The van der Waals surface area contributed by atoms with Gasteiger partial charge in [-0.1, -0.05) is 34.5 Å². The van der Waals surface area contributed by atoms with Crippen molar-refractivity contribution in [1.29, 1.82) is 0 Å². The lowest BCUT2D eigenvalue weighted by Crippen LogP contribution is -2.41.